The Morgan fingerprint density at radius 3 is 2.16 bits per heavy atom. The van der Waals surface area contributed by atoms with E-state index in [0.717, 1.165) is 10.8 Å². The van der Waals surface area contributed by atoms with Crippen LogP contribution in [0.3, 0.4) is 0 Å². The van der Waals surface area contributed by atoms with Crippen molar-refractivity contribution in [3.8, 4) is 0 Å². The normalized spacial score (nSPS) is 12.2. The molecular weight excluding hydrogens is 271 g/mol. The van der Waals surface area contributed by atoms with Gasteiger partial charge in [0.1, 0.15) is 0 Å². The molecule has 2 aromatic carbocycles. The molecule has 0 fully saturated rings. The zero-order chi connectivity index (χ0) is 13.6. The van der Waals surface area contributed by atoms with Crippen LogP contribution in [0.25, 0.3) is 10.8 Å². The van der Waals surface area contributed by atoms with Crippen molar-refractivity contribution < 1.29 is 44.0 Å². The maximum absolute atomic E-state index is 11.5. The molecule has 2 aromatic rings. The molecule has 0 saturated carbocycles. The van der Waals surface area contributed by atoms with Gasteiger partial charge in [0, 0.05) is 0 Å². The first-order chi connectivity index (χ1) is 8.21. The van der Waals surface area contributed by atoms with Crippen LogP contribution in [0.15, 0.2) is 41.3 Å². The third-order valence-electron chi connectivity index (χ3n) is 2.92. The molecule has 0 unspecified atom stereocenters. The van der Waals surface area contributed by atoms with Crippen LogP contribution >= 0.6 is 0 Å². The Labute approximate surface area is 137 Å². The molecule has 3 nitrogen and oxygen atoms in total. The van der Waals surface area contributed by atoms with E-state index < -0.39 is 10.1 Å². The van der Waals surface area contributed by atoms with Crippen molar-refractivity contribution in [3.63, 3.8) is 0 Å². The third-order valence-corrected chi connectivity index (χ3v) is 3.81. The van der Waals surface area contributed by atoms with Gasteiger partial charge in [-0.25, -0.2) is 0 Å². The molecule has 0 aromatic heterocycles. The van der Waals surface area contributed by atoms with Crippen LogP contribution in [0.1, 0.15) is 27.8 Å². The minimum Gasteiger partial charge on any atom is -1.00 e. The van der Waals surface area contributed by atoms with Crippen LogP contribution in [0.4, 0.5) is 0 Å². The van der Waals surface area contributed by atoms with Crippen LogP contribution in [0.2, 0.25) is 0 Å². The van der Waals surface area contributed by atoms with Gasteiger partial charge in [0.15, 0.2) is 0 Å². The second-order valence-corrected chi connectivity index (χ2v) is 6.77. The van der Waals surface area contributed by atoms with E-state index in [1.54, 1.807) is 6.07 Å². The van der Waals surface area contributed by atoms with Gasteiger partial charge in [-0.3, -0.25) is 4.55 Å². The van der Waals surface area contributed by atoms with Crippen molar-refractivity contribution in [2.75, 3.05) is 0 Å². The van der Waals surface area contributed by atoms with E-state index in [1.807, 2.05) is 45.0 Å². The fourth-order valence-corrected chi connectivity index (χ4v) is 3.15. The summed E-state index contributed by atoms with van der Waals surface area (Å²) in [6.45, 7) is 5.80. The molecular formula is C14H17NaO3S. The van der Waals surface area contributed by atoms with Gasteiger partial charge in [0.2, 0.25) is 0 Å². The minimum absolute atomic E-state index is 0. The fourth-order valence-electron chi connectivity index (χ4n) is 2.24. The van der Waals surface area contributed by atoms with Crippen LogP contribution < -0.4 is 29.6 Å². The van der Waals surface area contributed by atoms with Gasteiger partial charge in [0.05, 0.1) is 4.90 Å². The van der Waals surface area contributed by atoms with Crippen LogP contribution in [-0.2, 0) is 15.5 Å². The summed E-state index contributed by atoms with van der Waals surface area (Å²) in [6.07, 6.45) is 0. The molecule has 0 spiro atoms. The van der Waals surface area contributed by atoms with Crippen LogP contribution in [0, 0.1) is 0 Å². The molecule has 0 saturated heterocycles. The summed E-state index contributed by atoms with van der Waals surface area (Å²) in [5, 5.41) is 1.83. The Morgan fingerprint density at radius 1 is 1.05 bits per heavy atom. The molecule has 19 heavy (non-hydrogen) atoms. The van der Waals surface area contributed by atoms with Crippen molar-refractivity contribution in [2.24, 2.45) is 0 Å². The Hall–Kier alpha value is -0.390. The number of benzene rings is 2. The van der Waals surface area contributed by atoms with E-state index in [9.17, 15) is 13.0 Å². The second kappa shape index (κ2) is 5.54. The van der Waals surface area contributed by atoms with Crippen molar-refractivity contribution in [1.29, 1.82) is 0 Å². The topological polar surface area (TPSA) is 54.4 Å². The zero-order valence-corrected chi connectivity index (χ0v) is 14.5. The van der Waals surface area contributed by atoms with Crippen molar-refractivity contribution >= 4 is 20.9 Å². The Bertz CT molecular complexity index is 706. The predicted molar refractivity (Wildman–Crippen MR) is 73.6 cm³/mol. The summed E-state index contributed by atoms with van der Waals surface area (Å²) in [6, 6.07) is 10.8. The van der Waals surface area contributed by atoms with Gasteiger partial charge in [-0.1, -0.05) is 51.1 Å². The molecule has 0 heterocycles. The van der Waals surface area contributed by atoms with Gasteiger partial charge in [0.25, 0.3) is 10.1 Å². The van der Waals surface area contributed by atoms with E-state index in [4.69, 9.17) is 0 Å². The van der Waals surface area contributed by atoms with Gasteiger partial charge >= 0.3 is 29.6 Å². The molecule has 5 heteroatoms. The molecule has 0 aliphatic carbocycles. The molecule has 0 aliphatic rings. The van der Waals surface area contributed by atoms with Crippen LogP contribution in [0.5, 0.6) is 0 Å². The van der Waals surface area contributed by atoms with Crippen molar-refractivity contribution in [1.82, 2.24) is 0 Å². The summed E-state index contributed by atoms with van der Waals surface area (Å²) >= 11 is 0. The van der Waals surface area contributed by atoms with E-state index >= 15 is 0 Å². The predicted octanol–water partition coefficient (Wildman–Crippen LogP) is 0.501. The molecule has 2 rings (SSSR count). The molecule has 98 valence electrons. The SMILES string of the molecule is CC(C)(C)c1c(S(=O)(=O)O)ccc2ccccc12.[H-].[Na+]. The third kappa shape index (κ3) is 3.38. The first-order valence-corrected chi connectivity index (χ1v) is 7.15. The largest absolute Gasteiger partial charge is 1.00 e. The summed E-state index contributed by atoms with van der Waals surface area (Å²) in [4.78, 5) is -0.00583. The number of fused-ring (bicyclic) bond motifs is 1. The quantitative estimate of drug-likeness (QED) is 0.614. The second-order valence-electron chi connectivity index (χ2n) is 5.38. The average molecular weight is 288 g/mol. The fraction of sp³-hybridized carbons (Fsp3) is 0.286. The van der Waals surface area contributed by atoms with Gasteiger partial charge in [-0.15, -0.1) is 0 Å². The Kier molecular flexibility index (Phi) is 4.86. The first-order valence-electron chi connectivity index (χ1n) is 5.71. The molecule has 0 amide bonds. The molecule has 0 aliphatic heterocycles. The monoisotopic (exact) mass is 288 g/mol. The summed E-state index contributed by atoms with van der Waals surface area (Å²) in [5.41, 5.74) is 0.287. The summed E-state index contributed by atoms with van der Waals surface area (Å²) in [7, 11) is -4.21. The van der Waals surface area contributed by atoms with Gasteiger partial charge in [-0.05, 0) is 27.8 Å². The number of hydrogen-bond acceptors (Lipinski definition) is 2. The zero-order valence-electron chi connectivity index (χ0n) is 12.6. The minimum atomic E-state index is -4.21. The summed E-state index contributed by atoms with van der Waals surface area (Å²) < 4.78 is 32.4. The Balaban J connectivity index is 0.00000180. The standard InChI is InChI=1S/C14H16O3S.Na.H/c1-14(2,3)13-11-7-5-4-6-10(11)8-9-12(13)18(15,16)17;;/h4-9H,1-3H3,(H,15,16,17);;/q;+1;-1. The summed E-state index contributed by atoms with van der Waals surface area (Å²) in [5.74, 6) is 0. The molecule has 0 bridgehead atoms. The van der Waals surface area contributed by atoms with E-state index in [1.165, 1.54) is 6.07 Å². The smallest absolute Gasteiger partial charge is 1.00 e. The van der Waals surface area contributed by atoms with Gasteiger partial charge < -0.3 is 1.43 Å². The maximum atomic E-state index is 11.5. The molecule has 0 atom stereocenters. The molecule has 1 N–H and O–H groups in total. The van der Waals surface area contributed by atoms with E-state index in [0.29, 0.717) is 5.56 Å². The van der Waals surface area contributed by atoms with Crippen LogP contribution in [-0.4, -0.2) is 13.0 Å². The Morgan fingerprint density at radius 2 is 1.63 bits per heavy atom. The first kappa shape index (κ1) is 16.7. The van der Waals surface area contributed by atoms with Crippen molar-refractivity contribution in [2.45, 2.75) is 31.1 Å². The molecule has 0 radical (unpaired) electrons. The number of rotatable bonds is 1. The maximum Gasteiger partial charge on any atom is 1.00 e. The number of hydrogen-bond donors (Lipinski definition) is 1. The average Bonchev–Trinajstić information content (AvgIpc) is 2.24. The van der Waals surface area contributed by atoms with E-state index in [2.05, 4.69) is 0 Å². The van der Waals surface area contributed by atoms with Gasteiger partial charge in [-0.2, -0.15) is 8.42 Å². The van der Waals surface area contributed by atoms with E-state index in [-0.39, 0.29) is 41.3 Å². The van der Waals surface area contributed by atoms with Crippen molar-refractivity contribution in [3.05, 3.63) is 42.0 Å².